The fourth-order valence-electron chi connectivity index (χ4n) is 8.09. The van der Waals surface area contributed by atoms with E-state index in [-0.39, 0.29) is 10.8 Å². The maximum absolute atomic E-state index is 2.42. The van der Waals surface area contributed by atoms with Crippen molar-refractivity contribution in [3.05, 3.63) is 192 Å². The summed E-state index contributed by atoms with van der Waals surface area (Å²) in [6.07, 6.45) is 0. The Labute approximate surface area is 293 Å². The number of fused-ring (bicyclic) bond motifs is 6. The summed E-state index contributed by atoms with van der Waals surface area (Å²) in [5.74, 6) is 0. The van der Waals surface area contributed by atoms with Crippen molar-refractivity contribution in [2.75, 3.05) is 0 Å². The van der Waals surface area contributed by atoms with Crippen molar-refractivity contribution in [1.29, 1.82) is 0 Å². The fourth-order valence-corrected chi connectivity index (χ4v) is 8.09. The van der Waals surface area contributed by atoms with Crippen LogP contribution in [0.4, 0.5) is 0 Å². The molecule has 0 N–H and O–H groups in total. The third kappa shape index (κ3) is 4.63. The molecule has 2 nitrogen and oxygen atoms in total. The lowest BCUT2D eigenvalue weighted by molar-refractivity contribution is 0.617. The van der Waals surface area contributed by atoms with Gasteiger partial charge in [0.05, 0.1) is 22.1 Å². The Hall–Kier alpha value is -5.86. The zero-order valence-corrected chi connectivity index (χ0v) is 29.1. The summed E-state index contributed by atoms with van der Waals surface area (Å²) in [5, 5.41) is 5.14. The van der Waals surface area contributed by atoms with Crippen molar-refractivity contribution in [1.82, 2.24) is 9.13 Å². The van der Waals surface area contributed by atoms with Gasteiger partial charge in [-0.3, -0.25) is 0 Å². The van der Waals surface area contributed by atoms with Crippen LogP contribution in [0.25, 0.3) is 55.0 Å². The van der Waals surface area contributed by atoms with Crippen molar-refractivity contribution < 1.29 is 0 Å². The first-order chi connectivity index (χ1) is 24.3. The molecule has 2 heteroatoms. The molecule has 242 valence electrons. The second-order valence-corrected chi connectivity index (χ2v) is 14.7. The number of hydrogen-bond acceptors (Lipinski definition) is 0. The van der Waals surface area contributed by atoms with E-state index in [2.05, 4.69) is 207 Å². The average molecular weight is 645 g/mol. The second kappa shape index (κ2) is 11.4. The smallest absolute Gasteiger partial charge is 0.0541 e. The van der Waals surface area contributed by atoms with E-state index in [0.29, 0.717) is 0 Å². The van der Waals surface area contributed by atoms with Crippen molar-refractivity contribution in [3.63, 3.8) is 0 Å². The molecular weight excluding hydrogens is 605 g/mol. The van der Waals surface area contributed by atoms with Crippen molar-refractivity contribution in [2.24, 2.45) is 0 Å². The summed E-state index contributed by atoms with van der Waals surface area (Å²) >= 11 is 0. The highest BCUT2D eigenvalue weighted by molar-refractivity contribution is 6.10. The molecule has 0 amide bonds. The van der Waals surface area contributed by atoms with Crippen LogP contribution in [0.1, 0.15) is 49.9 Å². The van der Waals surface area contributed by atoms with Gasteiger partial charge in [-0.1, -0.05) is 149 Å². The molecule has 0 aliphatic rings. The molecular formula is C48H40N2. The van der Waals surface area contributed by atoms with Gasteiger partial charge in [-0.15, -0.1) is 0 Å². The minimum absolute atomic E-state index is 0.175. The van der Waals surface area contributed by atoms with Crippen LogP contribution in [0.15, 0.2) is 170 Å². The first-order valence-corrected chi connectivity index (χ1v) is 17.6. The standard InChI is InChI=1S/C48H40N2/c1-47(2,33-24-28-37(29-25-33)49-43-20-9-5-16-39(43)40-17-6-10-21-44(40)49)35-14-13-15-36(32-35)48(3,4)34-26-30-38(31-27-34)50-45-22-11-7-18-41(45)42-19-8-12-23-46(42)50/h5-32H,1-4H3. The maximum atomic E-state index is 2.42. The second-order valence-electron chi connectivity index (χ2n) is 14.7. The molecule has 9 aromatic rings. The summed E-state index contributed by atoms with van der Waals surface area (Å²) in [7, 11) is 0. The first-order valence-electron chi connectivity index (χ1n) is 17.6. The minimum atomic E-state index is -0.175. The number of nitrogens with zero attached hydrogens (tertiary/aromatic N) is 2. The highest BCUT2D eigenvalue weighted by Crippen LogP contribution is 2.39. The van der Waals surface area contributed by atoms with Gasteiger partial charge in [0.25, 0.3) is 0 Å². The Morgan fingerprint density at radius 1 is 0.300 bits per heavy atom. The van der Waals surface area contributed by atoms with E-state index in [1.54, 1.807) is 0 Å². The van der Waals surface area contributed by atoms with Crippen molar-refractivity contribution in [2.45, 2.75) is 38.5 Å². The number of para-hydroxylation sites is 4. The first kappa shape index (κ1) is 30.2. The monoisotopic (exact) mass is 644 g/mol. The van der Waals surface area contributed by atoms with E-state index in [0.717, 1.165) is 0 Å². The van der Waals surface area contributed by atoms with E-state index >= 15 is 0 Å². The maximum Gasteiger partial charge on any atom is 0.0541 e. The largest absolute Gasteiger partial charge is 0.309 e. The number of benzene rings is 7. The summed E-state index contributed by atoms with van der Waals surface area (Å²) in [5.41, 5.74) is 12.2. The van der Waals surface area contributed by atoms with Gasteiger partial charge in [-0.25, -0.2) is 0 Å². The van der Waals surface area contributed by atoms with E-state index < -0.39 is 0 Å². The van der Waals surface area contributed by atoms with Crippen LogP contribution in [-0.4, -0.2) is 9.13 Å². The zero-order valence-electron chi connectivity index (χ0n) is 29.1. The molecule has 2 heterocycles. The molecule has 0 radical (unpaired) electrons. The minimum Gasteiger partial charge on any atom is -0.309 e. The molecule has 2 aromatic heterocycles. The summed E-state index contributed by atoms with van der Waals surface area (Å²) in [6, 6.07) is 62.4. The van der Waals surface area contributed by atoms with Crippen molar-refractivity contribution in [3.8, 4) is 11.4 Å². The predicted octanol–water partition coefficient (Wildman–Crippen LogP) is 12.5. The summed E-state index contributed by atoms with van der Waals surface area (Å²) in [6.45, 7) is 9.37. The van der Waals surface area contributed by atoms with Gasteiger partial charge in [-0.05, 0) is 70.8 Å². The SMILES string of the molecule is CC(C)(c1ccc(-n2c3ccccc3c3ccccc32)cc1)c1cccc(C(C)(C)c2ccc(-n3c4ccccc4c4ccccc43)cc2)c1. The van der Waals surface area contributed by atoms with Crippen LogP contribution in [0.5, 0.6) is 0 Å². The lowest BCUT2D eigenvalue weighted by Gasteiger charge is -2.31. The van der Waals surface area contributed by atoms with E-state index in [1.165, 1.54) is 77.2 Å². The fraction of sp³-hybridized carbons (Fsp3) is 0.125. The van der Waals surface area contributed by atoms with Crippen LogP contribution < -0.4 is 0 Å². The molecule has 50 heavy (non-hydrogen) atoms. The highest BCUT2D eigenvalue weighted by Gasteiger charge is 2.28. The number of hydrogen-bond donors (Lipinski definition) is 0. The lowest BCUT2D eigenvalue weighted by Crippen LogP contribution is -2.23. The van der Waals surface area contributed by atoms with Crippen LogP contribution in [-0.2, 0) is 10.8 Å². The Kier molecular flexibility index (Phi) is 6.86. The van der Waals surface area contributed by atoms with E-state index in [1.807, 2.05) is 0 Å². The third-order valence-corrected chi connectivity index (χ3v) is 11.2. The molecule has 0 atom stereocenters. The number of rotatable bonds is 6. The van der Waals surface area contributed by atoms with Gasteiger partial charge in [-0.2, -0.15) is 0 Å². The molecule has 0 saturated heterocycles. The molecule has 0 aliphatic carbocycles. The zero-order chi connectivity index (χ0) is 34.0. The summed E-state index contributed by atoms with van der Waals surface area (Å²) in [4.78, 5) is 0. The Morgan fingerprint density at radius 2 is 0.600 bits per heavy atom. The molecule has 7 aromatic carbocycles. The Bertz CT molecular complexity index is 2390. The molecule has 0 bridgehead atoms. The van der Waals surface area contributed by atoms with Crippen LogP contribution >= 0.6 is 0 Å². The van der Waals surface area contributed by atoms with Crippen LogP contribution in [0.2, 0.25) is 0 Å². The van der Waals surface area contributed by atoms with E-state index in [9.17, 15) is 0 Å². The van der Waals surface area contributed by atoms with Gasteiger partial charge < -0.3 is 9.13 Å². The highest BCUT2D eigenvalue weighted by atomic mass is 15.0. The Balaban J connectivity index is 1.04. The molecule has 0 aliphatic heterocycles. The molecule has 0 saturated carbocycles. The quantitative estimate of drug-likeness (QED) is 0.170. The van der Waals surface area contributed by atoms with Crippen LogP contribution in [0, 0.1) is 0 Å². The molecule has 0 unspecified atom stereocenters. The topological polar surface area (TPSA) is 9.86 Å². The van der Waals surface area contributed by atoms with E-state index in [4.69, 9.17) is 0 Å². The molecule has 9 rings (SSSR count). The molecule has 0 fully saturated rings. The van der Waals surface area contributed by atoms with Gasteiger partial charge >= 0.3 is 0 Å². The van der Waals surface area contributed by atoms with Gasteiger partial charge in [0.15, 0.2) is 0 Å². The average Bonchev–Trinajstić information content (AvgIpc) is 3.68. The molecule has 0 spiro atoms. The van der Waals surface area contributed by atoms with Gasteiger partial charge in [0.2, 0.25) is 0 Å². The normalized spacial score (nSPS) is 12.4. The van der Waals surface area contributed by atoms with Gasteiger partial charge in [0, 0.05) is 43.7 Å². The van der Waals surface area contributed by atoms with Crippen molar-refractivity contribution >= 4 is 43.6 Å². The number of aromatic nitrogens is 2. The Morgan fingerprint density at radius 3 is 0.920 bits per heavy atom. The predicted molar refractivity (Wildman–Crippen MR) is 212 cm³/mol. The van der Waals surface area contributed by atoms with Crippen LogP contribution in [0.3, 0.4) is 0 Å². The lowest BCUT2D eigenvalue weighted by atomic mass is 9.73. The van der Waals surface area contributed by atoms with Gasteiger partial charge in [0.1, 0.15) is 0 Å². The third-order valence-electron chi connectivity index (χ3n) is 11.2. The summed E-state index contributed by atoms with van der Waals surface area (Å²) < 4.78 is 4.77.